The summed E-state index contributed by atoms with van der Waals surface area (Å²) in [6.07, 6.45) is 2.23. The maximum atomic E-state index is 12.1. The first-order valence-corrected chi connectivity index (χ1v) is 17.4. The van der Waals surface area contributed by atoms with Crippen molar-refractivity contribution in [2.75, 3.05) is 6.61 Å². The van der Waals surface area contributed by atoms with Gasteiger partial charge in [0.2, 0.25) is 0 Å². The molecule has 5 rings (SSSR count). The van der Waals surface area contributed by atoms with E-state index in [0.717, 1.165) is 32.1 Å². The number of aliphatic hydroxyl groups excluding tert-OH is 6. The van der Waals surface area contributed by atoms with E-state index in [4.69, 9.17) is 9.47 Å². The van der Waals surface area contributed by atoms with Crippen LogP contribution in [-0.2, 0) is 9.47 Å². The molecular formula is C36H62O8. The standard InChI is InChI=1S/C36H62O8/c1-20(2)10-9-11-21(3)22-12-14-35(8)27(22)23(38)18-25-33(35,6)16-17-36(32(4,5)26(39)13-15-34(25,36)7)44-31-30(42)29(41)28(40)24(19-37)43-31/h10,21-31,37-42H,9,11-19H2,1-8H3/t21-,22-,23?,24-,25+,26?,27+,28-,29+,30-,31+,33-,34-,35-,36-/m1/s1. The molecule has 8 heteroatoms. The smallest absolute Gasteiger partial charge is 0.187 e. The van der Waals surface area contributed by atoms with Gasteiger partial charge in [-0.1, -0.05) is 53.2 Å². The number of fused-ring (bicyclic) bond motifs is 5. The molecule has 2 unspecified atom stereocenters. The molecule has 8 nitrogen and oxygen atoms in total. The lowest BCUT2D eigenvalue weighted by molar-refractivity contribution is -0.394. The van der Waals surface area contributed by atoms with Crippen molar-refractivity contribution < 1.29 is 40.1 Å². The quantitative estimate of drug-likeness (QED) is 0.182. The molecule has 254 valence electrons. The molecule has 0 aromatic carbocycles. The SMILES string of the molecule is CC(C)=CCC[C@@H](C)[C@H]1CC[C@]2(C)[C@@H]1C(O)C[C@H]1[C@@]2(C)CC[C@@]2(O[C@@H]3O[C@H](CO)[C@@H](O)[C@H](O)[C@H]3O)C(C)(C)C(O)CC[C@]12C. The van der Waals surface area contributed by atoms with Crippen molar-refractivity contribution in [3.63, 3.8) is 0 Å². The largest absolute Gasteiger partial charge is 0.394 e. The number of aliphatic hydroxyl groups is 6. The highest BCUT2D eigenvalue weighted by molar-refractivity contribution is 5.24. The van der Waals surface area contributed by atoms with E-state index in [2.05, 4.69) is 47.6 Å². The topological polar surface area (TPSA) is 140 Å². The predicted molar refractivity (Wildman–Crippen MR) is 168 cm³/mol. The van der Waals surface area contributed by atoms with Gasteiger partial charge in [0.25, 0.3) is 0 Å². The molecule has 0 aromatic rings. The third kappa shape index (κ3) is 4.83. The van der Waals surface area contributed by atoms with Crippen molar-refractivity contribution in [1.82, 2.24) is 0 Å². The molecule has 0 amide bonds. The van der Waals surface area contributed by atoms with Crippen LogP contribution in [0.25, 0.3) is 0 Å². The Morgan fingerprint density at radius 2 is 1.52 bits per heavy atom. The van der Waals surface area contributed by atoms with E-state index in [1.807, 2.05) is 13.8 Å². The molecule has 0 spiro atoms. The molecular weight excluding hydrogens is 560 g/mol. The molecule has 5 fully saturated rings. The summed E-state index contributed by atoms with van der Waals surface area (Å²) in [5, 5.41) is 65.7. The van der Waals surface area contributed by atoms with Crippen molar-refractivity contribution in [2.24, 2.45) is 45.3 Å². The number of rotatable bonds is 7. The molecule has 5 aliphatic rings. The molecule has 1 saturated heterocycles. The summed E-state index contributed by atoms with van der Waals surface area (Å²) in [6.45, 7) is 17.4. The molecule has 1 heterocycles. The average Bonchev–Trinajstić information content (AvgIpc) is 3.34. The van der Waals surface area contributed by atoms with Crippen LogP contribution in [0.3, 0.4) is 0 Å². The van der Waals surface area contributed by atoms with Crippen LogP contribution in [-0.4, -0.2) is 85.8 Å². The van der Waals surface area contributed by atoms with Crippen LogP contribution in [0.15, 0.2) is 11.6 Å². The van der Waals surface area contributed by atoms with Crippen LogP contribution >= 0.6 is 0 Å². The Kier molecular flexibility index (Phi) is 9.35. The van der Waals surface area contributed by atoms with Crippen molar-refractivity contribution in [3.8, 4) is 0 Å². The summed E-state index contributed by atoms with van der Waals surface area (Å²) in [5.41, 5.74) is -0.936. The van der Waals surface area contributed by atoms with E-state index in [-0.39, 0.29) is 22.7 Å². The van der Waals surface area contributed by atoms with Crippen LogP contribution in [0.1, 0.15) is 113 Å². The lowest BCUT2D eigenvalue weighted by Gasteiger charge is -2.74. The summed E-state index contributed by atoms with van der Waals surface area (Å²) >= 11 is 0. The minimum Gasteiger partial charge on any atom is -0.394 e. The summed E-state index contributed by atoms with van der Waals surface area (Å²) in [4.78, 5) is 0. The van der Waals surface area contributed by atoms with E-state index in [0.29, 0.717) is 37.5 Å². The van der Waals surface area contributed by atoms with Gasteiger partial charge in [0.15, 0.2) is 6.29 Å². The highest BCUT2D eigenvalue weighted by Gasteiger charge is 2.76. The van der Waals surface area contributed by atoms with Crippen LogP contribution < -0.4 is 0 Å². The van der Waals surface area contributed by atoms with Gasteiger partial charge in [0, 0.05) is 10.8 Å². The minimum absolute atomic E-state index is 0.0523. The Morgan fingerprint density at radius 1 is 0.864 bits per heavy atom. The fraction of sp³-hybridized carbons (Fsp3) is 0.944. The van der Waals surface area contributed by atoms with Gasteiger partial charge in [0.05, 0.1) is 24.4 Å². The van der Waals surface area contributed by atoms with Gasteiger partial charge in [-0.3, -0.25) is 0 Å². The second kappa shape index (κ2) is 11.8. The van der Waals surface area contributed by atoms with E-state index in [9.17, 15) is 30.6 Å². The zero-order valence-electron chi connectivity index (χ0n) is 28.5. The van der Waals surface area contributed by atoms with E-state index in [1.54, 1.807) is 0 Å². The first kappa shape index (κ1) is 34.7. The zero-order chi connectivity index (χ0) is 32.6. The first-order valence-electron chi connectivity index (χ1n) is 17.4. The lowest BCUT2D eigenvalue weighted by Crippen LogP contribution is -2.76. The predicted octanol–water partition coefficient (Wildman–Crippen LogP) is 4.32. The molecule has 6 N–H and O–H groups in total. The fourth-order valence-electron chi connectivity index (χ4n) is 11.8. The second-order valence-corrected chi connectivity index (χ2v) is 17.1. The van der Waals surface area contributed by atoms with Crippen LogP contribution in [0.2, 0.25) is 0 Å². The van der Waals surface area contributed by atoms with E-state index < -0.39 is 66.0 Å². The number of hydrogen-bond acceptors (Lipinski definition) is 8. The molecule has 0 radical (unpaired) electrons. The van der Waals surface area contributed by atoms with Gasteiger partial charge in [-0.15, -0.1) is 0 Å². The monoisotopic (exact) mass is 622 g/mol. The number of allylic oxidation sites excluding steroid dienone is 2. The number of ether oxygens (including phenoxy) is 2. The second-order valence-electron chi connectivity index (χ2n) is 17.1. The van der Waals surface area contributed by atoms with Crippen molar-refractivity contribution in [2.45, 2.75) is 162 Å². The van der Waals surface area contributed by atoms with Gasteiger partial charge in [-0.2, -0.15) is 0 Å². The average molecular weight is 623 g/mol. The fourth-order valence-corrected chi connectivity index (χ4v) is 11.8. The lowest BCUT2D eigenvalue weighted by atomic mass is 9.33. The van der Waals surface area contributed by atoms with E-state index in [1.165, 1.54) is 5.57 Å². The third-order valence-electron chi connectivity index (χ3n) is 14.7. The molecule has 4 saturated carbocycles. The Morgan fingerprint density at radius 3 is 2.16 bits per heavy atom. The molecule has 4 aliphatic carbocycles. The Hall–Kier alpha value is -0.580. The van der Waals surface area contributed by atoms with Crippen molar-refractivity contribution >= 4 is 0 Å². The molecule has 0 aromatic heterocycles. The maximum Gasteiger partial charge on any atom is 0.187 e. The molecule has 15 atom stereocenters. The Bertz CT molecular complexity index is 1070. The Balaban J connectivity index is 1.51. The van der Waals surface area contributed by atoms with Crippen molar-refractivity contribution in [3.05, 3.63) is 11.6 Å². The molecule has 44 heavy (non-hydrogen) atoms. The summed E-state index contributed by atoms with van der Waals surface area (Å²) in [5.74, 6) is 1.34. The highest BCUT2D eigenvalue weighted by Crippen LogP contribution is 2.77. The summed E-state index contributed by atoms with van der Waals surface area (Å²) in [6, 6.07) is 0. The zero-order valence-corrected chi connectivity index (χ0v) is 28.5. The number of hydrogen-bond donors (Lipinski definition) is 6. The first-order chi connectivity index (χ1) is 20.4. The highest BCUT2D eigenvalue weighted by atomic mass is 16.7. The van der Waals surface area contributed by atoms with Gasteiger partial charge < -0.3 is 40.1 Å². The summed E-state index contributed by atoms with van der Waals surface area (Å²) in [7, 11) is 0. The Labute approximate surface area is 265 Å². The van der Waals surface area contributed by atoms with Gasteiger partial charge in [0.1, 0.15) is 24.4 Å². The van der Waals surface area contributed by atoms with Crippen LogP contribution in [0.4, 0.5) is 0 Å². The van der Waals surface area contributed by atoms with Gasteiger partial charge in [-0.05, 0) is 106 Å². The van der Waals surface area contributed by atoms with Crippen LogP contribution in [0.5, 0.6) is 0 Å². The van der Waals surface area contributed by atoms with Gasteiger partial charge in [-0.25, -0.2) is 0 Å². The maximum absolute atomic E-state index is 12.1. The normalized spacial score (nSPS) is 52.4. The van der Waals surface area contributed by atoms with E-state index >= 15 is 0 Å². The third-order valence-corrected chi connectivity index (χ3v) is 14.7. The van der Waals surface area contributed by atoms with Crippen molar-refractivity contribution in [1.29, 1.82) is 0 Å². The minimum atomic E-state index is -1.54. The van der Waals surface area contributed by atoms with Crippen LogP contribution in [0, 0.1) is 45.3 Å². The molecule has 0 bridgehead atoms. The summed E-state index contributed by atoms with van der Waals surface area (Å²) < 4.78 is 12.9. The van der Waals surface area contributed by atoms with Gasteiger partial charge >= 0.3 is 0 Å². The molecule has 1 aliphatic heterocycles.